The van der Waals surface area contributed by atoms with E-state index in [-0.39, 0.29) is 22.4 Å². The quantitative estimate of drug-likeness (QED) is 0.557. The summed E-state index contributed by atoms with van der Waals surface area (Å²) in [6.45, 7) is 1.70. The predicted molar refractivity (Wildman–Crippen MR) is 99.6 cm³/mol. The minimum Gasteiger partial charge on any atom is -0.326 e. The van der Waals surface area contributed by atoms with Gasteiger partial charge in [-0.15, -0.1) is 0 Å². The minimum atomic E-state index is -3.82. The van der Waals surface area contributed by atoms with Crippen molar-refractivity contribution in [2.45, 2.75) is 30.7 Å². The van der Waals surface area contributed by atoms with E-state index in [0.29, 0.717) is 5.69 Å². The summed E-state index contributed by atoms with van der Waals surface area (Å²) in [5, 5.41) is 13.5. The van der Waals surface area contributed by atoms with Crippen LogP contribution in [0.5, 0.6) is 0 Å². The van der Waals surface area contributed by atoms with E-state index in [1.165, 1.54) is 12.1 Å². The van der Waals surface area contributed by atoms with Crippen LogP contribution in [0.3, 0.4) is 0 Å². The maximum atomic E-state index is 12.5. The van der Waals surface area contributed by atoms with Gasteiger partial charge in [0.2, 0.25) is 15.9 Å². The van der Waals surface area contributed by atoms with Crippen molar-refractivity contribution < 1.29 is 18.1 Å². The van der Waals surface area contributed by atoms with E-state index in [1.54, 1.807) is 31.2 Å². The maximum absolute atomic E-state index is 12.5. The second-order valence-corrected chi connectivity index (χ2v) is 8.19. The highest BCUT2D eigenvalue weighted by atomic mass is 32.2. The van der Waals surface area contributed by atoms with Gasteiger partial charge < -0.3 is 5.32 Å². The number of nitrogens with one attached hydrogen (secondary N) is 2. The van der Waals surface area contributed by atoms with Crippen LogP contribution in [0.25, 0.3) is 0 Å². The molecule has 142 valence electrons. The van der Waals surface area contributed by atoms with E-state index in [0.717, 1.165) is 30.5 Å². The Labute approximate surface area is 156 Å². The van der Waals surface area contributed by atoms with Crippen LogP contribution in [-0.4, -0.2) is 19.2 Å². The van der Waals surface area contributed by atoms with E-state index < -0.39 is 21.0 Å². The Morgan fingerprint density at radius 3 is 2.22 bits per heavy atom. The molecule has 0 aromatic heterocycles. The third-order valence-corrected chi connectivity index (χ3v) is 5.87. The molecule has 0 bridgehead atoms. The number of hydrogen-bond donors (Lipinski definition) is 2. The summed E-state index contributed by atoms with van der Waals surface area (Å²) in [5.74, 6) is 0.117. The van der Waals surface area contributed by atoms with Gasteiger partial charge in [0.25, 0.3) is 5.69 Å². The molecule has 0 unspecified atom stereocenters. The van der Waals surface area contributed by atoms with Gasteiger partial charge >= 0.3 is 0 Å². The lowest BCUT2D eigenvalue weighted by atomic mass is 10.1. The molecular formula is C18H19N3O5S. The Morgan fingerprint density at radius 2 is 1.70 bits per heavy atom. The summed E-state index contributed by atoms with van der Waals surface area (Å²) in [5.41, 5.74) is 1.22. The first kappa shape index (κ1) is 19.0. The van der Waals surface area contributed by atoms with Crippen molar-refractivity contribution in [3.8, 4) is 0 Å². The summed E-state index contributed by atoms with van der Waals surface area (Å²) >= 11 is 0. The minimum absolute atomic E-state index is 0.00896. The van der Waals surface area contributed by atoms with Gasteiger partial charge in [0, 0.05) is 29.8 Å². The summed E-state index contributed by atoms with van der Waals surface area (Å²) in [6.07, 6.45) is 1.84. The third kappa shape index (κ3) is 4.69. The number of nitro groups is 1. The number of hydrogen-bond acceptors (Lipinski definition) is 5. The highest BCUT2D eigenvalue weighted by molar-refractivity contribution is 7.89. The number of sulfonamides is 1. The largest absolute Gasteiger partial charge is 0.326 e. The second kappa shape index (κ2) is 7.45. The number of rotatable bonds is 7. The zero-order chi connectivity index (χ0) is 19.6. The predicted octanol–water partition coefficient (Wildman–Crippen LogP) is 2.98. The van der Waals surface area contributed by atoms with Gasteiger partial charge in [0.1, 0.15) is 0 Å². The second-order valence-electron chi connectivity index (χ2n) is 6.48. The molecule has 0 spiro atoms. The van der Waals surface area contributed by atoms with Crippen molar-refractivity contribution >= 4 is 27.3 Å². The standard InChI is InChI=1S/C18H19N3O5S/c1-12(13-4-6-15(7-5-13)19-18(22)14-2-3-14)20-27(25,26)17-10-8-16(9-11-17)21(23)24/h4-12,14,20H,2-3H2,1H3,(H,19,22)/t12-/m0/s1. The van der Waals surface area contributed by atoms with Gasteiger partial charge in [-0.1, -0.05) is 12.1 Å². The molecule has 2 aromatic carbocycles. The molecule has 8 nitrogen and oxygen atoms in total. The molecule has 0 heterocycles. The number of carbonyl (C=O) groups excluding carboxylic acids is 1. The van der Waals surface area contributed by atoms with Crippen LogP contribution >= 0.6 is 0 Å². The first-order chi connectivity index (χ1) is 12.8. The molecule has 9 heteroatoms. The highest BCUT2D eigenvalue weighted by Crippen LogP contribution is 2.30. The fourth-order valence-electron chi connectivity index (χ4n) is 2.56. The van der Waals surface area contributed by atoms with Crippen LogP contribution in [0.15, 0.2) is 53.4 Å². The highest BCUT2D eigenvalue weighted by Gasteiger charge is 2.29. The SMILES string of the molecule is C[C@H](NS(=O)(=O)c1ccc([N+](=O)[O-])cc1)c1ccc(NC(=O)C2CC2)cc1. The van der Waals surface area contributed by atoms with Gasteiger partial charge in [-0.2, -0.15) is 0 Å². The number of amides is 1. The van der Waals surface area contributed by atoms with Crippen molar-refractivity contribution in [2.24, 2.45) is 5.92 Å². The number of nitrogens with zero attached hydrogens (tertiary/aromatic N) is 1. The average molecular weight is 389 g/mol. The molecule has 1 aliphatic carbocycles. The fraction of sp³-hybridized carbons (Fsp3) is 0.278. The topological polar surface area (TPSA) is 118 Å². The molecule has 3 rings (SSSR count). The van der Waals surface area contributed by atoms with Crippen molar-refractivity contribution in [2.75, 3.05) is 5.32 Å². The van der Waals surface area contributed by atoms with Crippen LogP contribution < -0.4 is 10.0 Å². The molecule has 0 aliphatic heterocycles. The third-order valence-electron chi connectivity index (χ3n) is 4.32. The first-order valence-corrected chi connectivity index (χ1v) is 9.92. The van der Waals surface area contributed by atoms with Crippen molar-refractivity contribution in [1.29, 1.82) is 0 Å². The summed E-state index contributed by atoms with van der Waals surface area (Å²) in [6, 6.07) is 11.1. The Hall–Kier alpha value is -2.78. The van der Waals surface area contributed by atoms with Crippen molar-refractivity contribution in [3.05, 3.63) is 64.2 Å². The fourth-order valence-corrected chi connectivity index (χ4v) is 3.79. The zero-order valence-corrected chi connectivity index (χ0v) is 15.4. The van der Waals surface area contributed by atoms with Crippen LogP contribution in [0.1, 0.15) is 31.4 Å². The molecule has 1 aliphatic rings. The molecule has 27 heavy (non-hydrogen) atoms. The van der Waals surface area contributed by atoms with Crippen LogP contribution in [-0.2, 0) is 14.8 Å². The first-order valence-electron chi connectivity index (χ1n) is 8.44. The lowest BCUT2D eigenvalue weighted by Gasteiger charge is -2.15. The van der Waals surface area contributed by atoms with E-state index in [9.17, 15) is 23.3 Å². The molecule has 1 fully saturated rings. The van der Waals surface area contributed by atoms with E-state index in [1.807, 2.05) is 0 Å². The number of carbonyl (C=O) groups is 1. The zero-order valence-electron chi connectivity index (χ0n) is 14.6. The average Bonchev–Trinajstić information content (AvgIpc) is 3.47. The maximum Gasteiger partial charge on any atom is 0.269 e. The Bertz CT molecular complexity index is 951. The van der Waals surface area contributed by atoms with E-state index in [2.05, 4.69) is 10.0 Å². The molecule has 2 N–H and O–H groups in total. The monoisotopic (exact) mass is 389 g/mol. The number of benzene rings is 2. The molecule has 1 saturated carbocycles. The van der Waals surface area contributed by atoms with Gasteiger partial charge in [0.15, 0.2) is 0 Å². The van der Waals surface area contributed by atoms with Crippen molar-refractivity contribution in [3.63, 3.8) is 0 Å². The number of nitro benzene ring substituents is 1. The lowest BCUT2D eigenvalue weighted by molar-refractivity contribution is -0.384. The summed E-state index contributed by atoms with van der Waals surface area (Å²) < 4.78 is 27.4. The number of non-ortho nitro benzene ring substituents is 1. The Balaban J connectivity index is 1.66. The number of anilines is 1. The normalized spacial score (nSPS) is 15.1. The lowest BCUT2D eigenvalue weighted by Crippen LogP contribution is -2.26. The van der Waals surface area contributed by atoms with Gasteiger partial charge in [-0.25, -0.2) is 13.1 Å². The van der Waals surface area contributed by atoms with E-state index >= 15 is 0 Å². The molecule has 0 saturated heterocycles. The van der Waals surface area contributed by atoms with Crippen LogP contribution in [0, 0.1) is 16.0 Å². The smallest absolute Gasteiger partial charge is 0.269 e. The summed E-state index contributed by atoms with van der Waals surface area (Å²) in [4.78, 5) is 21.8. The van der Waals surface area contributed by atoms with Gasteiger partial charge in [-0.3, -0.25) is 14.9 Å². The Kier molecular flexibility index (Phi) is 5.24. The summed E-state index contributed by atoms with van der Waals surface area (Å²) in [7, 11) is -3.82. The molecule has 1 amide bonds. The van der Waals surface area contributed by atoms with Crippen LogP contribution in [0.4, 0.5) is 11.4 Å². The molecule has 1 atom stereocenters. The Morgan fingerprint density at radius 1 is 1.11 bits per heavy atom. The molecule has 0 radical (unpaired) electrons. The van der Waals surface area contributed by atoms with Crippen LogP contribution in [0.2, 0.25) is 0 Å². The van der Waals surface area contributed by atoms with E-state index in [4.69, 9.17) is 0 Å². The van der Waals surface area contributed by atoms with Gasteiger partial charge in [-0.05, 0) is 49.6 Å². The molecule has 2 aromatic rings. The van der Waals surface area contributed by atoms with Gasteiger partial charge in [0.05, 0.1) is 9.82 Å². The van der Waals surface area contributed by atoms with Crippen molar-refractivity contribution in [1.82, 2.24) is 4.72 Å². The molecular weight excluding hydrogens is 370 g/mol.